The minimum absolute atomic E-state index is 0.214. The van der Waals surface area contributed by atoms with Crippen molar-refractivity contribution in [3.05, 3.63) is 35.4 Å². The van der Waals surface area contributed by atoms with Crippen molar-refractivity contribution in [1.82, 2.24) is 5.32 Å². The summed E-state index contributed by atoms with van der Waals surface area (Å²) < 4.78 is 4.75. The lowest BCUT2D eigenvalue weighted by Crippen LogP contribution is -2.51. The van der Waals surface area contributed by atoms with Crippen LogP contribution < -0.4 is 5.32 Å². The number of ether oxygens (including phenoxy) is 1. The number of carbonyl (C=O) groups excluding carboxylic acids is 2. The molecular formula is C15H19NO3. The highest BCUT2D eigenvalue weighted by Gasteiger charge is 2.51. The fourth-order valence-electron chi connectivity index (χ4n) is 2.40. The van der Waals surface area contributed by atoms with E-state index in [2.05, 4.69) is 5.32 Å². The molecule has 102 valence electrons. The Hall–Kier alpha value is -1.84. The van der Waals surface area contributed by atoms with E-state index in [1.54, 1.807) is 0 Å². The molecule has 0 radical (unpaired) electrons. The monoisotopic (exact) mass is 261 g/mol. The molecule has 1 aromatic carbocycles. The zero-order valence-electron chi connectivity index (χ0n) is 11.4. The molecule has 0 saturated heterocycles. The van der Waals surface area contributed by atoms with Gasteiger partial charge in [-0.15, -0.1) is 0 Å². The first kappa shape index (κ1) is 13.6. The van der Waals surface area contributed by atoms with E-state index in [1.807, 2.05) is 31.2 Å². The van der Waals surface area contributed by atoms with E-state index in [1.165, 1.54) is 7.11 Å². The Morgan fingerprint density at radius 1 is 1.32 bits per heavy atom. The van der Waals surface area contributed by atoms with Crippen LogP contribution in [-0.4, -0.2) is 19.0 Å². The van der Waals surface area contributed by atoms with Crippen molar-refractivity contribution in [2.24, 2.45) is 5.41 Å². The first-order chi connectivity index (χ1) is 9.10. The molecule has 1 saturated carbocycles. The van der Waals surface area contributed by atoms with Crippen LogP contribution in [-0.2, 0) is 20.9 Å². The fourth-order valence-corrected chi connectivity index (χ4v) is 2.40. The van der Waals surface area contributed by atoms with Crippen molar-refractivity contribution in [2.75, 3.05) is 7.11 Å². The molecule has 19 heavy (non-hydrogen) atoms. The zero-order chi connectivity index (χ0) is 13.9. The highest BCUT2D eigenvalue weighted by atomic mass is 16.5. The molecule has 4 heteroatoms. The van der Waals surface area contributed by atoms with Gasteiger partial charge in [-0.1, -0.05) is 30.7 Å². The molecule has 1 aliphatic carbocycles. The van der Waals surface area contributed by atoms with Crippen LogP contribution in [0.15, 0.2) is 24.3 Å². The second-order valence-electron chi connectivity index (χ2n) is 5.04. The van der Waals surface area contributed by atoms with Gasteiger partial charge in [0.1, 0.15) is 5.41 Å². The third-order valence-corrected chi connectivity index (χ3v) is 3.92. The second kappa shape index (κ2) is 5.43. The number of hydrogen-bond acceptors (Lipinski definition) is 3. The number of benzene rings is 1. The van der Waals surface area contributed by atoms with E-state index >= 15 is 0 Å². The molecule has 0 unspecified atom stereocenters. The Bertz CT molecular complexity index is 492. The van der Waals surface area contributed by atoms with Crippen molar-refractivity contribution in [1.29, 1.82) is 0 Å². The van der Waals surface area contributed by atoms with Crippen LogP contribution >= 0.6 is 0 Å². The highest BCUT2D eigenvalue weighted by Crippen LogP contribution is 2.42. The van der Waals surface area contributed by atoms with E-state index in [0.717, 1.165) is 17.5 Å². The van der Waals surface area contributed by atoms with Crippen LogP contribution in [0.25, 0.3) is 0 Å². The molecule has 1 amide bonds. The van der Waals surface area contributed by atoms with E-state index in [9.17, 15) is 9.59 Å². The fraction of sp³-hybridized carbons (Fsp3) is 0.467. The first-order valence-corrected chi connectivity index (χ1v) is 6.51. The van der Waals surface area contributed by atoms with Gasteiger partial charge >= 0.3 is 5.97 Å². The van der Waals surface area contributed by atoms with Gasteiger partial charge in [0.05, 0.1) is 7.11 Å². The lowest BCUT2D eigenvalue weighted by atomic mass is 9.68. The first-order valence-electron chi connectivity index (χ1n) is 6.51. The van der Waals surface area contributed by atoms with Crippen molar-refractivity contribution >= 4 is 11.9 Å². The maximum Gasteiger partial charge on any atom is 0.321 e. The topological polar surface area (TPSA) is 55.4 Å². The SMILES string of the molecule is COC(=O)C1(C(=O)NCc2ccccc2C)CCC1. The lowest BCUT2D eigenvalue weighted by Gasteiger charge is -2.37. The molecule has 0 bridgehead atoms. The standard InChI is InChI=1S/C15H19NO3/c1-11-6-3-4-7-12(11)10-16-13(17)15(8-5-9-15)14(18)19-2/h3-4,6-7H,5,8-10H2,1-2H3,(H,16,17). The maximum atomic E-state index is 12.2. The second-order valence-corrected chi connectivity index (χ2v) is 5.04. The van der Waals surface area contributed by atoms with Gasteiger partial charge in [-0.2, -0.15) is 0 Å². The normalized spacial score (nSPS) is 16.3. The van der Waals surface area contributed by atoms with Crippen LogP contribution in [0.4, 0.5) is 0 Å². The average molecular weight is 261 g/mol. The third-order valence-electron chi connectivity index (χ3n) is 3.92. The van der Waals surface area contributed by atoms with Crippen LogP contribution in [0.3, 0.4) is 0 Å². The molecule has 0 heterocycles. The molecule has 4 nitrogen and oxygen atoms in total. The summed E-state index contributed by atoms with van der Waals surface area (Å²) in [5.41, 5.74) is 1.25. The number of esters is 1. The van der Waals surface area contributed by atoms with Crippen molar-refractivity contribution in [3.63, 3.8) is 0 Å². The van der Waals surface area contributed by atoms with Crippen LogP contribution in [0, 0.1) is 12.3 Å². The van der Waals surface area contributed by atoms with Crippen molar-refractivity contribution < 1.29 is 14.3 Å². The summed E-state index contributed by atoms with van der Waals surface area (Å²) in [6.07, 6.45) is 2.06. The average Bonchev–Trinajstić information content (AvgIpc) is 2.36. The van der Waals surface area contributed by atoms with Crippen LogP contribution in [0.5, 0.6) is 0 Å². The van der Waals surface area contributed by atoms with Gasteiger partial charge in [0.2, 0.25) is 5.91 Å². The summed E-state index contributed by atoms with van der Waals surface area (Å²) in [5, 5.41) is 2.86. The molecule has 2 rings (SSSR count). The summed E-state index contributed by atoms with van der Waals surface area (Å²) >= 11 is 0. The highest BCUT2D eigenvalue weighted by molar-refractivity contribution is 6.03. The number of carbonyl (C=O) groups is 2. The summed E-state index contributed by atoms with van der Waals surface area (Å²) in [4.78, 5) is 24.0. The van der Waals surface area contributed by atoms with E-state index in [0.29, 0.717) is 19.4 Å². The van der Waals surface area contributed by atoms with Crippen molar-refractivity contribution in [2.45, 2.75) is 32.7 Å². The number of hydrogen-bond donors (Lipinski definition) is 1. The van der Waals surface area contributed by atoms with Gasteiger partial charge < -0.3 is 10.1 Å². The number of nitrogens with one attached hydrogen (secondary N) is 1. The molecule has 0 atom stereocenters. The predicted molar refractivity (Wildman–Crippen MR) is 71.3 cm³/mol. The molecule has 0 spiro atoms. The third kappa shape index (κ3) is 2.48. The molecule has 0 aliphatic heterocycles. The van der Waals surface area contributed by atoms with Gasteiger partial charge in [0.15, 0.2) is 0 Å². The van der Waals surface area contributed by atoms with E-state index in [4.69, 9.17) is 4.74 Å². The van der Waals surface area contributed by atoms with Gasteiger partial charge in [-0.3, -0.25) is 9.59 Å². The van der Waals surface area contributed by atoms with Crippen molar-refractivity contribution in [3.8, 4) is 0 Å². The summed E-state index contributed by atoms with van der Waals surface area (Å²) in [6.45, 7) is 2.45. The quantitative estimate of drug-likeness (QED) is 0.666. The van der Waals surface area contributed by atoms with Gasteiger partial charge in [-0.25, -0.2) is 0 Å². The minimum atomic E-state index is -0.947. The Balaban J connectivity index is 2.02. The Morgan fingerprint density at radius 3 is 2.53 bits per heavy atom. The molecule has 1 aromatic rings. The maximum absolute atomic E-state index is 12.2. The summed E-state index contributed by atoms with van der Waals surface area (Å²) in [7, 11) is 1.33. The molecule has 1 aliphatic rings. The zero-order valence-corrected chi connectivity index (χ0v) is 11.4. The minimum Gasteiger partial charge on any atom is -0.468 e. The predicted octanol–water partition coefficient (Wildman–Crippen LogP) is 1.95. The molecule has 0 aromatic heterocycles. The number of methoxy groups -OCH3 is 1. The smallest absolute Gasteiger partial charge is 0.321 e. The molecule has 1 fully saturated rings. The Labute approximate surface area is 113 Å². The van der Waals surface area contributed by atoms with Crippen LogP contribution in [0.1, 0.15) is 30.4 Å². The lowest BCUT2D eigenvalue weighted by molar-refractivity contribution is -0.165. The number of amides is 1. The van der Waals surface area contributed by atoms with Gasteiger partial charge in [-0.05, 0) is 30.9 Å². The number of aryl methyl sites for hydroxylation is 1. The Morgan fingerprint density at radius 2 is 2.00 bits per heavy atom. The Kier molecular flexibility index (Phi) is 3.88. The van der Waals surface area contributed by atoms with Gasteiger partial charge in [0.25, 0.3) is 0 Å². The van der Waals surface area contributed by atoms with E-state index < -0.39 is 11.4 Å². The number of rotatable bonds is 4. The summed E-state index contributed by atoms with van der Waals surface area (Å²) in [6, 6.07) is 7.87. The van der Waals surface area contributed by atoms with E-state index in [-0.39, 0.29) is 5.91 Å². The molecular weight excluding hydrogens is 242 g/mol. The van der Waals surface area contributed by atoms with Crippen LogP contribution in [0.2, 0.25) is 0 Å². The molecule has 1 N–H and O–H groups in total. The largest absolute Gasteiger partial charge is 0.468 e. The van der Waals surface area contributed by atoms with Gasteiger partial charge in [0, 0.05) is 6.54 Å². The summed E-state index contributed by atoms with van der Waals surface area (Å²) in [5.74, 6) is -0.630.